The Balaban J connectivity index is 2.08. The fourth-order valence-corrected chi connectivity index (χ4v) is 2.70. The van der Waals surface area contributed by atoms with E-state index < -0.39 is 0 Å². The zero-order chi connectivity index (χ0) is 14.0. The molecule has 104 valence electrons. The quantitative estimate of drug-likeness (QED) is 0.780. The van der Waals surface area contributed by atoms with Gasteiger partial charge in [0, 0.05) is 33.2 Å². The third-order valence-corrected chi connectivity index (χ3v) is 3.90. The molecule has 0 saturated carbocycles. The van der Waals surface area contributed by atoms with Crippen molar-refractivity contribution in [2.24, 2.45) is 12.8 Å². The molecule has 1 fully saturated rings. The summed E-state index contributed by atoms with van der Waals surface area (Å²) < 4.78 is 1.81. The first-order chi connectivity index (χ1) is 8.99. The van der Waals surface area contributed by atoms with Gasteiger partial charge in [0.2, 0.25) is 5.91 Å². The molecule has 0 bridgehead atoms. The maximum absolute atomic E-state index is 11.8. The topological polar surface area (TPSA) is 84.5 Å². The first kappa shape index (κ1) is 14.0. The second-order valence-electron chi connectivity index (χ2n) is 4.50. The summed E-state index contributed by atoms with van der Waals surface area (Å²) in [7, 11) is 1.61. The van der Waals surface area contributed by atoms with Crippen molar-refractivity contribution in [2.45, 2.75) is 0 Å². The van der Waals surface area contributed by atoms with Crippen LogP contribution in [0.5, 0.6) is 0 Å². The third kappa shape index (κ3) is 3.13. The number of nitrogens with two attached hydrogens (primary N) is 1. The van der Waals surface area contributed by atoms with Gasteiger partial charge in [-0.15, -0.1) is 0 Å². The highest BCUT2D eigenvalue weighted by Crippen LogP contribution is 2.22. The van der Waals surface area contributed by atoms with Crippen LogP contribution in [0.3, 0.4) is 0 Å². The Kier molecular flexibility index (Phi) is 4.20. The Labute approximate surface area is 119 Å². The number of carbonyl (C=O) groups is 1. The summed E-state index contributed by atoms with van der Waals surface area (Å²) in [6.07, 6.45) is 1.68. The highest BCUT2D eigenvalue weighted by Gasteiger charge is 2.21. The van der Waals surface area contributed by atoms with Crippen LogP contribution in [0.1, 0.15) is 0 Å². The summed E-state index contributed by atoms with van der Waals surface area (Å²) >= 11 is 3.32. The van der Waals surface area contributed by atoms with Crippen molar-refractivity contribution in [1.29, 1.82) is 0 Å². The van der Waals surface area contributed by atoms with Gasteiger partial charge in [-0.25, -0.2) is 4.68 Å². The lowest BCUT2D eigenvalue weighted by Crippen LogP contribution is -2.49. The number of anilines is 1. The summed E-state index contributed by atoms with van der Waals surface area (Å²) in [5.74, 6) is -0.315. The molecular formula is C11H16BrN5O2. The molecule has 2 heterocycles. The van der Waals surface area contributed by atoms with Crippen molar-refractivity contribution >= 4 is 27.5 Å². The van der Waals surface area contributed by atoms with E-state index in [1.54, 1.807) is 13.2 Å². The van der Waals surface area contributed by atoms with Gasteiger partial charge >= 0.3 is 0 Å². The molecule has 0 atom stereocenters. The average molecular weight is 330 g/mol. The van der Waals surface area contributed by atoms with Crippen LogP contribution in [0.25, 0.3) is 0 Å². The van der Waals surface area contributed by atoms with Crippen LogP contribution in [0.2, 0.25) is 0 Å². The van der Waals surface area contributed by atoms with Crippen LogP contribution in [0.4, 0.5) is 5.69 Å². The molecule has 7 nitrogen and oxygen atoms in total. The second kappa shape index (κ2) is 5.70. The highest BCUT2D eigenvalue weighted by molar-refractivity contribution is 9.10. The Morgan fingerprint density at radius 1 is 1.42 bits per heavy atom. The molecule has 0 aromatic carbocycles. The van der Waals surface area contributed by atoms with E-state index in [1.165, 1.54) is 4.68 Å². The number of aryl methyl sites for hydroxylation is 1. The van der Waals surface area contributed by atoms with E-state index >= 15 is 0 Å². The zero-order valence-corrected chi connectivity index (χ0v) is 12.3. The van der Waals surface area contributed by atoms with Gasteiger partial charge < -0.3 is 10.6 Å². The van der Waals surface area contributed by atoms with E-state index in [1.807, 2.05) is 4.90 Å². The van der Waals surface area contributed by atoms with E-state index in [0.717, 1.165) is 31.9 Å². The molecule has 1 aliphatic heterocycles. The molecule has 0 aliphatic carbocycles. The lowest BCUT2D eigenvalue weighted by Gasteiger charge is -2.35. The first-order valence-electron chi connectivity index (χ1n) is 5.96. The zero-order valence-electron chi connectivity index (χ0n) is 10.7. The van der Waals surface area contributed by atoms with Crippen LogP contribution < -0.4 is 16.2 Å². The molecule has 2 rings (SSSR count). The molecule has 8 heteroatoms. The van der Waals surface area contributed by atoms with E-state index in [0.29, 0.717) is 4.47 Å². The molecule has 2 N–H and O–H groups in total. The molecular weight excluding hydrogens is 314 g/mol. The molecule has 0 unspecified atom stereocenters. The Hall–Kier alpha value is -1.41. The predicted molar refractivity (Wildman–Crippen MR) is 75.0 cm³/mol. The van der Waals surface area contributed by atoms with Crippen molar-refractivity contribution in [3.63, 3.8) is 0 Å². The van der Waals surface area contributed by atoms with Crippen molar-refractivity contribution < 1.29 is 4.79 Å². The van der Waals surface area contributed by atoms with Gasteiger partial charge in [-0.2, -0.15) is 5.10 Å². The number of rotatable bonds is 3. The summed E-state index contributed by atoms with van der Waals surface area (Å²) in [5.41, 5.74) is 5.81. The van der Waals surface area contributed by atoms with Crippen LogP contribution in [-0.4, -0.2) is 53.3 Å². The Morgan fingerprint density at radius 2 is 2.05 bits per heavy atom. The summed E-state index contributed by atoms with van der Waals surface area (Å²) in [6, 6.07) is 0. The van der Waals surface area contributed by atoms with E-state index in [4.69, 9.17) is 5.73 Å². The van der Waals surface area contributed by atoms with Crippen LogP contribution in [0.15, 0.2) is 15.5 Å². The number of piperazine rings is 1. The molecule has 1 aromatic rings. The monoisotopic (exact) mass is 329 g/mol. The number of primary amides is 1. The third-order valence-electron chi connectivity index (χ3n) is 3.15. The van der Waals surface area contributed by atoms with Crippen LogP contribution in [0, 0.1) is 0 Å². The van der Waals surface area contributed by atoms with E-state index in [2.05, 4.69) is 25.9 Å². The number of hydrogen-bond donors (Lipinski definition) is 1. The molecule has 19 heavy (non-hydrogen) atoms. The maximum Gasteiger partial charge on any atom is 0.282 e. The van der Waals surface area contributed by atoms with Crippen molar-refractivity contribution in [2.75, 3.05) is 37.6 Å². The van der Waals surface area contributed by atoms with Gasteiger partial charge in [0.05, 0.1) is 18.4 Å². The number of amides is 1. The summed E-state index contributed by atoms with van der Waals surface area (Å²) in [4.78, 5) is 26.7. The molecule has 0 radical (unpaired) electrons. The lowest BCUT2D eigenvalue weighted by molar-refractivity contribution is -0.119. The number of aromatic nitrogens is 2. The largest absolute Gasteiger partial charge is 0.369 e. The highest BCUT2D eigenvalue weighted by atomic mass is 79.9. The van der Waals surface area contributed by atoms with Crippen molar-refractivity contribution in [3.8, 4) is 0 Å². The molecule has 1 saturated heterocycles. The standard InChI is InChI=1S/C11H16BrN5O2/c1-15-11(19)10(12)8(6-14-15)17-4-2-16(3-5-17)7-9(13)18/h6H,2-5,7H2,1H3,(H2,13,18). The fourth-order valence-electron chi connectivity index (χ4n) is 2.09. The molecule has 1 aromatic heterocycles. The molecule has 1 aliphatic rings. The van der Waals surface area contributed by atoms with Gasteiger partial charge in [-0.1, -0.05) is 0 Å². The number of nitrogens with zero attached hydrogens (tertiary/aromatic N) is 4. The van der Waals surface area contributed by atoms with Crippen LogP contribution in [-0.2, 0) is 11.8 Å². The van der Waals surface area contributed by atoms with Gasteiger partial charge in [-0.05, 0) is 15.9 Å². The number of carbonyl (C=O) groups excluding carboxylic acids is 1. The minimum absolute atomic E-state index is 0.155. The SMILES string of the molecule is Cn1ncc(N2CCN(CC(N)=O)CC2)c(Br)c1=O. The smallest absolute Gasteiger partial charge is 0.282 e. The normalized spacial score (nSPS) is 16.6. The lowest BCUT2D eigenvalue weighted by atomic mass is 10.3. The van der Waals surface area contributed by atoms with E-state index in [-0.39, 0.29) is 18.0 Å². The minimum atomic E-state index is -0.315. The van der Waals surface area contributed by atoms with E-state index in [9.17, 15) is 9.59 Å². The van der Waals surface area contributed by atoms with Gasteiger partial charge in [0.25, 0.3) is 5.56 Å². The van der Waals surface area contributed by atoms with Gasteiger partial charge in [0.1, 0.15) is 4.47 Å². The predicted octanol–water partition coefficient (Wildman–Crippen LogP) is -0.850. The summed E-state index contributed by atoms with van der Waals surface area (Å²) in [5, 5.41) is 4.03. The average Bonchev–Trinajstić information content (AvgIpc) is 2.37. The van der Waals surface area contributed by atoms with Crippen molar-refractivity contribution in [1.82, 2.24) is 14.7 Å². The Bertz CT molecular complexity index is 536. The summed E-state index contributed by atoms with van der Waals surface area (Å²) in [6.45, 7) is 3.24. The molecule has 1 amide bonds. The first-order valence-corrected chi connectivity index (χ1v) is 6.75. The number of hydrogen-bond acceptors (Lipinski definition) is 5. The van der Waals surface area contributed by atoms with Crippen LogP contribution >= 0.6 is 15.9 Å². The second-order valence-corrected chi connectivity index (χ2v) is 5.30. The minimum Gasteiger partial charge on any atom is -0.369 e. The Morgan fingerprint density at radius 3 is 2.63 bits per heavy atom. The van der Waals surface area contributed by atoms with Gasteiger partial charge in [0.15, 0.2) is 0 Å². The van der Waals surface area contributed by atoms with Crippen molar-refractivity contribution in [3.05, 3.63) is 21.0 Å². The fraction of sp³-hybridized carbons (Fsp3) is 0.545. The number of halogens is 1. The molecule has 0 spiro atoms. The van der Waals surface area contributed by atoms with Gasteiger partial charge in [-0.3, -0.25) is 14.5 Å². The maximum atomic E-state index is 11.8.